The van der Waals surface area contributed by atoms with E-state index in [1.54, 1.807) is 0 Å². The van der Waals surface area contributed by atoms with E-state index in [2.05, 4.69) is 9.89 Å². The monoisotopic (exact) mass is 324 g/mol. The molecule has 2 fully saturated rings. The van der Waals surface area contributed by atoms with Crippen molar-refractivity contribution in [1.29, 1.82) is 0 Å². The highest BCUT2D eigenvalue weighted by Crippen LogP contribution is 2.34. The smallest absolute Gasteiger partial charge is 0.185 e. The van der Waals surface area contributed by atoms with Crippen LogP contribution in [0, 0.1) is 0 Å². The minimum Gasteiger partial charge on any atom is -0.379 e. The molecule has 0 spiro atoms. The molecule has 17 heavy (non-hydrogen) atoms. The summed E-state index contributed by atoms with van der Waals surface area (Å²) >= 11 is 1.99. The fourth-order valence-corrected chi connectivity index (χ4v) is 3.81. The number of hydrogen-bond acceptors (Lipinski definition) is 4. The maximum Gasteiger partial charge on any atom is 0.185 e. The summed E-state index contributed by atoms with van der Waals surface area (Å²) in [7, 11) is 0. The lowest BCUT2D eigenvalue weighted by Crippen LogP contribution is -2.56. The number of nitrogens with two attached hydrogens (primary N) is 2. The van der Waals surface area contributed by atoms with Gasteiger partial charge in [0.25, 0.3) is 0 Å². The molecule has 1 atom stereocenters. The second-order valence-corrected chi connectivity index (χ2v) is 5.47. The first-order valence-corrected chi connectivity index (χ1v) is 6.84. The lowest BCUT2D eigenvalue weighted by atomic mass is 9.96. The van der Waals surface area contributed by atoms with Crippen molar-refractivity contribution in [3.8, 4) is 0 Å². The second-order valence-electron chi connectivity index (χ2n) is 4.37. The number of ether oxygens (including phenoxy) is 1. The first kappa shape index (κ1) is 15.1. The third-order valence-corrected chi connectivity index (χ3v) is 4.55. The minimum absolute atomic E-state index is 0. The van der Waals surface area contributed by atoms with E-state index in [4.69, 9.17) is 16.2 Å². The van der Waals surface area contributed by atoms with Gasteiger partial charge in [-0.15, -0.1) is 17.0 Å². The quantitative estimate of drug-likeness (QED) is 0.566. The van der Waals surface area contributed by atoms with Gasteiger partial charge in [-0.25, -0.2) is 0 Å². The number of guanidine groups is 1. The van der Waals surface area contributed by atoms with Gasteiger partial charge < -0.3 is 16.2 Å². The zero-order valence-electron chi connectivity index (χ0n) is 9.93. The molecule has 4 N–H and O–H groups in total. The highest BCUT2D eigenvalue weighted by Gasteiger charge is 2.40. The lowest BCUT2D eigenvalue weighted by molar-refractivity contribution is -0.0104. The molecule has 100 valence electrons. The largest absolute Gasteiger partial charge is 0.379 e. The Labute approximate surface area is 117 Å². The second kappa shape index (κ2) is 6.82. The van der Waals surface area contributed by atoms with Crippen LogP contribution in [0.15, 0.2) is 4.99 Å². The minimum atomic E-state index is 0. The molecule has 0 bridgehead atoms. The van der Waals surface area contributed by atoms with Gasteiger partial charge in [0.2, 0.25) is 0 Å². The molecule has 2 aliphatic rings. The first-order chi connectivity index (χ1) is 7.73. The maximum atomic E-state index is 5.44. The molecule has 0 saturated carbocycles. The van der Waals surface area contributed by atoms with Crippen LogP contribution >= 0.6 is 28.7 Å². The van der Waals surface area contributed by atoms with Crippen LogP contribution in [0.5, 0.6) is 0 Å². The van der Waals surface area contributed by atoms with Crippen molar-refractivity contribution >= 4 is 34.7 Å². The number of morpholine rings is 1. The topological polar surface area (TPSA) is 76.9 Å². The fraction of sp³-hybridized carbons (Fsp3) is 0.900. The van der Waals surface area contributed by atoms with Crippen LogP contribution in [0.25, 0.3) is 0 Å². The Balaban J connectivity index is 0.00000144. The van der Waals surface area contributed by atoms with Crippen LogP contribution in [0.2, 0.25) is 0 Å². The molecule has 7 heteroatoms. The zero-order chi connectivity index (χ0) is 11.4. The van der Waals surface area contributed by atoms with Crippen molar-refractivity contribution in [2.24, 2.45) is 16.5 Å². The SMILES string of the molecule is Br.NC(N)=NCC1(N2CCOCC2)CCSC1. The summed E-state index contributed by atoms with van der Waals surface area (Å²) in [5, 5.41) is 0. The Kier molecular flexibility index (Phi) is 6.05. The number of thioether (sulfide) groups is 1. The van der Waals surface area contributed by atoms with E-state index in [9.17, 15) is 0 Å². The zero-order valence-corrected chi connectivity index (χ0v) is 12.5. The molecule has 2 aliphatic heterocycles. The number of nitrogens with zero attached hydrogens (tertiary/aromatic N) is 2. The van der Waals surface area contributed by atoms with E-state index in [0.29, 0.717) is 0 Å². The molecule has 2 saturated heterocycles. The molecule has 0 amide bonds. The molecular weight excluding hydrogens is 304 g/mol. The van der Waals surface area contributed by atoms with E-state index in [-0.39, 0.29) is 28.5 Å². The van der Waals surface area contributed by atoms with Gasteiger partial charge in [-0.1, -0.05) is 0 Å². The van der Waals surface area contributed by atoms with Crippen LogP contribution in [0.3, 0.4) is 0 Å². The summed E-state index contributed by atoms with van der Waals surface area (Å²) in [4.78, 5) is 6.73. The summed E-state index contributed by atoms with van der Waals surface area (Å²) < 4.78 is 5.40. The predicted molar refractivity (Wildman–Crippen MR) is 78.1 cm³/mol. The molecular formula is C10H21BrN4OS. The maximum absolute atomic E-state index is 5.44. The van der Waals surface area contributed by atoms with Crippen molar-refractivity contribution < 1.29 is 4.74 Å². The lowest BCUT2D eigenvalue weighted by Gasteiger charge is -2.42. The first-order valence-electron chi connectivity index (χ1n) is 5.69. The summed E-state index contributed by atoms with van der Waals surface area (Å²) in [6.07, 6.45) is 1.18. The summed E-state index contributed by atoms with van der Waals surface area (Å²) in [6.45, 7) is 4.38. The average molecular weight is 325 g/mol. The van der Waals surface area contributed by atoms with Gasteiger partial charge >= 0.3 is 0 Å². The molecule has 1 unspecified atom stereocenters. The van der Waals surface area contributed by atoms with E-state index >= 15 is 0 Å². The molecule has 0 aromatic rings. The van der Waals surface area contributed by atoms with Gasteiger partial charge in [-0.3, -0.25) is 9.89 Å². The molecule has 0 aliphatic carbocycles. The highest BCUT2D eigenvalue weighted by molar-refractivity contribution is 8.93. The van der Waals surface area contributed by atoms with Crippen molar-refractivity contribution in [2.75, 3.05) is 44.4 Å². The van der Waals surface area contributed by atoms with Crippen LogP contribution in [-0.2, 0) is 4.74 Å². The van der Waals surface area contributed by atoms with Gasteiger partial charge in [-0.2, -0.15) is 11.8 Å². The normalized spacial score (nSPS) is 29.6. The average Bonchev–Trinajstić information content (AvgIpc) is 2.78. The summed E-state index contributed by atoms with van der Waals surface area (Å²) in [5.74, 6) is 2.53. The summed E-state index contributed by atoms with van der Waals surface area (Å²) in [6, 6.07) is 0. The van der Waals surface area contributed by atoms with Gasteiger partial charge in [0.15, 0.2) is 5.96 Å². The predicted octanol–water partition coefficient (Wildman–Crippen LogP) is 0.0456. The Morgan fingerprint density at radius 2 is 2.06 bits per heavy atom. The number of rotatable bonds is 3. The third-order valence-electron chi connectivity index (χ3n) is 3.32. The van der Waals surface area contributed by atoms with Gasteiger partial charge in [0.05, 0.1) is 25.3 Å². The standard InChI is InChI=1S/C10H20N4OS.BrH/c11-9(12)13-7-10(1-6-16-8-10)14-2-4-15-5-3-14;/h1-8H2,(H4,11,12,13);1H. The van der Waals surface area contributed by atoms with Gasteiger partial charge in [0.1, 0.15) is 0 Å². The van der Waals surface area contributed by atoms with Crippen LogP contribution in [0.4, 0.5) is 0 Å². The Hall–Kier alpha value is 0.0200. The van der Waals surface area contributed by atoms with E-state index < -0.39 is 0 Å². The van der Waals surface area contributed by atoms with E-state index in [1.165, 1.54) is 12.2 Å². The van der Waals surface area contributed by atoms with Crippen LogP contribution < -0.4 is 11.5 Å². The molecule has 0 radical (unpaired) electrons. The van der Waals surface area contributed by atoms with Gasteiger partial charge in [-0.05, 0) is 12.2 Å². The van der Waals surface area contributed by atoms with Crippen molar-refractivity contribution in [2.45, 2.75) is 12.0 Å². The van der Waals surface area contributed by atoms with Crippen molar-refractivity contribution in [3.05, 3.63) is 0 Å². The molecule has 0 aromatic heterocycles. The van der Waals surface area contributed by atoms with Gasteiger partial charge in [0, 0.05) is 18.8 Å². The molecule has 0 aromatic carbocycles. The van der Waals surface area contributed by atoms with Crippen molar-refractivity contribution in [1.82, 2.24) is 4.90 Å². The number of hydrogen-bond donors (Lipinski definition) is 2. The Morgan fingerprint density at radius 3 is 2.59 bits per heavy atom. The van der Waals surface area contributed by atoms with Crippen LogP contribution in [0.1, 0.15) is 6.42 Å². The highest BCUT2D eigenvalue weighted by atomic mass is 79.9. The Morgan fingerprint density at radius 1 is 1.35 bits per heavy atom. The molecule has 2 rings (SSSR count). The summed E-state index contributed by atoms with van der Waals surface area (Å²) in [5.41, 5.74) is 11.0. The molecule has 5 nitrogen and oxygen atoms in total. The van der Waals surface area contributed by atoms with E-state index in [0.717, 1.165) is 38.6 Å². The fourth-order valence-electron chi connectivity index (χ4n) is 2.35. The molecule has 2 heterocycles. The van der Waals surface area contributed by atoms with Crippen LogP contribution in [-0.4, -0.2) is 60.8 Å². The van der Waals surface area contributed by atoms with E-state index in [1.807, 2.05) is 11.8 Å². The number of aliphatic imine (C=N–C) groups is 1. The Bertz CT molecular complexity index is 261. The third kappa shape index (κ3) is 3.74. The van der Waals surface area contributed by atoms with Crippen molar-refractivity contribution in [3.63, 3.8) is 0 Å². The number of halogens is 1.